The molecule has 1 aromatic carbocycles. The molecule has 2 unspecified atom stereocenters. The zero-order valence-corrected chi connectivity index (χ0v) is 20.2. The van der Waals surface area contributed by atoms with Gasteiger partial charge in [0.25, 0.3) is 0 Å². The molecule has 9 heteroatoms. The number of hydrogen-bond donors (Lipinski definition) is 3. The van der Waals surface area contributed by atoms with Crippen LogP contribution in [-0.4, -0.2) is 43.0 Å². The summed E-state index contributed by atoms with van der Waals surface area (Å²) < 4.78 is 13.9. The molecule has 0 radical (unpaired) electrons. The predicted octanol–water partition coefficient (Wildman–Crippen LogP) is 3.19. The Kier molecular flexibility index (Phi) is 11.4. The molecule has 0 spiro atoms. The number of hydrogen-bond acceptors (Lipinski definition) is 5. The fourth-order valence-electron chi connectivity index (χ4n) is 4.12. The number of benzene rings is 1. The maximum atomic E-state index is 13.9. The Bertz CT molecular complexity index is 898. The highest BCUT2D eigenvalue weighted by Gasteiger charge is 2.33. The van der Waals surface area contributed by atoms with Crippen molar-refractivity contribution in [3.8, 4) is 0 Å². The van der Waals surface area contributed by atoms with Gasteiger partial charge in [0.2, 0.25) is 17.6 Å². The van der Waals surface area contributed by atoms with Crippen molar-refractivity contribution in [2.45, 2.75) is 63.5 Å². The van der Waals surface area contributed by atoms with Crippen LogP contribution in [0.1, 0.15) is 56.9 Å². The fourth-order valence-corrected chi connectivity index (χ4v) is 4.28. The Morgan fingerprint density at radius 2 is 1.68 bits per heavy atom. The molecule has 0 bridgehead atoms. The summed E-state index contributed by atoms with van der Waals surface area (Å²) in [7, 11) is 1.50. The molecule has 3 rings (SSSR count). The van der Waals surface area contributed by atoms with Gasteiger partial charge in [0.1, 0.15) is 11.9 Å². The molecule has 34 heavy (non-hydrogen) atoms. The van der Waals surface area contributed by atoms with E-state index in [0.717, 1.165) is 50.7 Å². The first-order chi connectivity index (χ1) is 16.4. The highest BCUT2D eigenvalue weighted by Crippen LogP contribution is 2.34. The van der Waals surface area contributed by atoms with E-state index in [2.05, 4.69) is 16.4 Å². The van der Waals surface area contributed by atoms with Crippen LogP contribution in [0, 0.1) is 17.7 Å². The monoisotopic (exact) mass is 493 g/mol. The number of aldehydes is 1. The van der Waals surface area contributed by atoms with Gasteiger partial charge in [0, 0.05) is 16.7 Å². The number of rotatable bonds is 11. The molecule has 2 atom stereocenters. The van der Waals surface area contributed by atoms with Gasteiger partial charge in [-0.15, -0.1) is 0 Å². The number of amides is 2. The normalized spacial score (nSPS) is 17.4. The minimum atomic E-state index is -0.875. The minimum Gasteiger partial charge on any atom is -0.344 e. The first-order valence-electron chi connectivity index (χ1n) is 11.7. The molecule has 0 aliphatic heterocycles. The Morgan fingerprint density at radius 1 is 1.06 bits per heavy atom. The van der Waals surface area contributed by atoms with Crippen LogP contribution in [-0.2, 0) is 19.2 Å². The zero-order valence-electron chi connectivity index (χ0n) is 19.4. The van der Waals surface area contributed by atoms with Crippen molar-refractivity contribution in [3.05, 3.63) is 40.7 Å². The smallest absolute Gasteiger partial charge is 0.244 e. The van der Waals surface area contributed by atoms with Crippen LogP contribution in [0.25, 0.3) is 6.08 Å². The van der Waals surface area contributed by atoms with E-state index >= 15 is 0 Å². The van der Waals surface area contributed by atoms with Gasteiger partial charge in [-0.3, -0.25) is 19.2 Å². The lowest BCUT2D eigenvalue weighted by atomic mass is 9.95. The molecule has 0 heterocycles. The van der Waals surface area contributed by atoms with E-state index in [0.29, 0.717) is 24.7 Å². The molecule has 0 aromatic heterocycles. The second-order valence-electron chi connectivity index (χ2n) is 8.71. The average Bonchev–Trinajstić information content (AvgIpc) is 3.50. The van der Waals surface area contributed by atoms with E-state index < -0.39 is 35.5 Å². The third-order valence-electron chi connectivity index (χ3n) is 6.10. The minimum absolute atomic E-state index is 0.195. The number of nitrogens with two attached hydrogens (primary N) is 1. The molecular formula is C25H33ClFN3O4. The molecule has 186 valence electrons. The lowest BCUT2D eigenvalue weighted by Crippen LogP contribution is -2.52. The van der Waals surface area contributed by atoms with E-state index in [1.54, 1.807) is 0 Å². The van der Waals surface area contributed by atoms with Crippen LogP contribution in [0.5, 0.6) is 0 Å². The highest BCUT2D eigenvalue weighted by atomic mass is 35.5. The molecule has 4 N–H and O–H groups in total. The topological polar surface area (TPSA) is 118 Å². The number of Topliss-reactive ketones (excluding diaryl/α,β-unsaturated/α-hetero) is 1. The van der Waals surface area contributed by atoms with Crippen LogP contribution >= 0.6 is 11.6 Å². The Labute approximate surface area is 204 Å². The van der Waals surface area contributed by atoms with Gasteiger partial charge < -0.3 is 16.4 Å². The largest absolute Gasteiger partial charge is 0.344 e. The van der Waals surface area contributed by atoms with Crippen LogP contribution in [0.3, 0.4) is 0 Å². The second kappa shape index (κ2) is 14.0. The van der Waals surface area contributed by atoms with Crippen LogP contribution in [0.4, 0.5) is 4.39 Å². The maximum absolute atomic E-state index is 13.9. The molecule has 7 nitrogen and oxygen atoms in total. The molecular weight excluding hydrogens is 461 g/mol. The zero-order chi connectivity index (χ0) is 25.1. The predicted molar refractivity (Wildman–Crippen MR) is 129 cm³/mol. The molecule has 2 saturated carbocycles. The second-order valence-corrected chi connectivity index (χ2v) is 9.14. The van der Waals surface area contributed by atoms with Gasteiger partial charge in [-0.05, 0) is 49.9 Å². The van der Waals surface area contributed by atoms with Gasteiger partial charge in [-0.2, -0.15) is 0 Å². The lowest BCUT2D eigenvalue weighted by Gasteiger charge is -2.23. The molecule has 2 aliphatic carbocycles. The van der Waals surface area contributed by atoms with Crippen molar-refractivity contribution in [1.82, 2.24) is 10.6 Å². The van der Waals surface area contributed by atoms with E-state index in [9.17, 15) is 23.6 Å². The molecule has 2 fully saturated rings. The van der Waals surface area contributed by atoms with E-state index in [-0.39, 0.29) is 16.9 Å². The van der Waals surface area contributed by atoms with Crippen molar-refractivity contribution in [1.29, 1.82) is 0 Å². The van der Waals surface area contributed by atoms with Crippen molar-refractivity contribution < 1.29 is 23.6 Å². The van der Waals surface area contributed by atoms with Crippen molar-refractivity contribution in [2.75, 3.05) is 7.05 Å². The number of halogens is 2. The van der Waals surface area contributed by atoms with E-state index in [4.69, 9.17) is 11.6 Å². The number of ketones is 1. The quantitative estimate of drug-likeness (QED) is 0.248. The van der Waals surface area contributed by atoms with Crippen LogP contribution < -0.4 is 16.4 Å². The fraction of sp³-hybridized carbons (Fsp3) is 0.520. The SMILES string of the molecule is CN.O=CC(=O)C(CC1CCCC1)NC(=O)C(CC1CC1)NC(=O)/C=C/c1ccc(Cl)cc1F. The standard InChI is InChI=1S/C24H28ClFN2O4.CH5N/c25-18-9-7-17(19(26)13-18)8-10-23(31)27-21(12-16-5-6-16)24(32)28-20(22(30)14-29)11-15-3-1-2-4-15;1-2/h7-10,13-16,20-21H,1-6,11-12H2,(H,27,31)(H,28,32);2H2,1H3/b10-8+;. The summed E-state index contributed by atoms with van der Waals surface area (Å²) in [5, 5.41) is 5.60. The van der Waals surface area contributed by atoms with E-state index in [1.165, 1.54) is 25.3 Å². The average molecular weight is 494 g/mol. The van der Waals surface area contributed by atoms with E-state index in [1.807, 2.05) is 0 Å². The van der Waals surface area contributed by atoms with Crippen molar-refractivity contribution in [3.63, 3.8) is 0 Å². The number of nitrogens with one attached hydrogen (secondary N) is 2. The van der Waals surface area contributed by atoms with Gasteiger partial charge >= 0.3 is 0 Å². The third kappa shape index (κ3) is 8.99. The Balaban J connectivity index is 0.00000199. The molecule has 2 amide bonds. The lowest BCUT2D eigenvalue weighted by molar-refractivity contribution is -0.134. The summed E-state index contributed by atoms with van der Waals surface area (Å²) in [5.74, 6) is -1.60. The van der Waals surface area contributed by atoms with Crippen LogP contribution in [0.2, 0.25) is 5.02 Å². The Hall–Kier alpha value is -2.58. The molecule has 2 aliphatic rings. The summed E-state index contributed by atoms with van der Waals surface area (Å²) in [6.45, 7) is 0. The molecule has 0 saturated heterocycles. The first-order valence-corrected chi connectivity index (χ1v) is 12.0. The summed E-state index contributed by atoms with van der Waals surface area (Å²) in [6.07, 6.45) is 9.68. The summed E-state index contributed by atoms with van der Waals surface area (Å²) in [5.41, 5.74) is 4.70. The first kappa shape index (κ1) is 27.7. The number of carbonyl (C=O) groups excluding carboxylic acids is 4. The maximum Gasteiger partial charge on any atom is 0.244 e. The molecule has 1 aromatic rings. The van der Waals surface area contributed by atoms with Gasteiger partial charge in [0.05, 0.1) is 6.04 Å². The highest BCUT2D eigenvalue weighted by molar-refractivity contribution is 6.30. The van der Waals surface area contributed by atoms with Crippen molar-refractivity contribution >= 4 is 41.6 Å². The van der Waals surface area contributed by atoms with Gasteiger partial charge in [-0.25, -0.2) is 4.39 Å². The number of carbonyl (C=O) groups is 4. The summed E-state index contributed by atoms with van der Waals surface area (Å²) >= 11 is 5.73. The third-order valence-corrected chi connectivity index (χ3v) is 6.33. The van der Waals surface area contributed by atoms with Crippen molar-refractivity contribution in [2.24, 2.45) is 17.6 Å². The van der Waals surface area contributed by atoms with Crippen LogP contribution in [0.15, 0.2) is 24.3 Å². The van der Waals surface area contributed by atoms with Gasteiger partial charge in [0.15, 0.2) is 6.29 Å². The summed E-state index contributed by atoms with van der Waals surface area (Å²) in [4.78, 5) is 48.5. The summed E-state index contributed by atoms with van der Waals surface area (Å²) in [6, 6.07) is 2.41. The van der Waals surface area contributed by atoms with Gasteiger partial charge in [-0.1, -0.05) is 56.2 Å². The Morgan fingerprint density at radius 3 is 2.26 bits per heavy atom.